The zero-order chi connectivity index (χ0) is 18.7. The quantitative estimate of drug-likeness (QED) is 0.678. The van der Waals surface area contributed by atoms with Crippen LogP contribution in [0.2, 0.25) is 0 Å². The maximum atomic E-state index is 12.6. The number of carbonyl (C=O) groups is 1. The van der Waals surface area contributed by atoms with Crippen LogP contribution in [0.25, 0.3) is 11.7 Å². The number of aryl methyl sites for hydroxylation is 1. The minimum atomic E-state index is -2.90. The first-order valence-electron chi connectivity index (χ1n) is 7.85. The summed E-state index contributed by atoms with van der Waals surface area (Å²) in [6.45, 7) is -1.06. The Balaban J connectivity index is 2.01. The van der Waals surface area contributed by atoms with Crippen molar-refractivity contribution >= 4 is 17.7 Å². The van der Waals surface area contributed by atoms with Crippen molar-refractivity contribution in [3.05, 3.63) is 71.2 Å². The molecule has 0 spiro atoms. The number of hydrogen-bond acceptors (Lipinski definition) is 3. The lowest BCUT2D eigenvalue weighted by Crippen LogP contribution is -2.05. The van der Waals surface area contributed by atoms with E-state index in [1.807, 2.05) is 11.3 Å². The summed E-state index contributed by atoms with van der Waals surface area (Å²) in [7, 11) is 0. The van der Waals surface area contributed by atoms with Gasteiger partial charge < -0.3 is 14.2 Å². The van der Waals surface area contributed by atoms with E-state index in [0.29, 0.717) is 23.2 Å². The van der Waals surface area contributed by atoms with Crippen molar-refractivity contribution in [1.29, 1.82) is 0 Å². The van der Waals surface area contributed by atoms with Crippen LogP contribution in [0.1, 0.15) is 22.5 Å². The number of para-hydroxylation sites is 1. The molecule has 7 heteroatoms. The summed E-state index contributed by atoms with van der Waals surface area (Å²) in [4.78, 5) is 15.2. The highest BCUT2D eigenvalue weighted by atomic mass is 19.3. The van der Waals surface area contributed by atoms with Gasteiger partial charge in [-0.25, -0.2) is 9.78 Å². The number of carboxylic acids is 1. The first-order valence-corrected chi connectivity index (χ1v) is 7.85. The monoisotopic (exact) mass is 358 g/mol. The topological polar surface area (TPSA) is 63.8 Å². The predicted molar refractivity (Wildman–Crippen MR) is 92.5 cm³/mol. The molecule has 2 aromatic heterocycles. The normalized spacial score (nSPS) is 11.5. The van der Waals surface area contributed by atoms with Gasteiger partial charge in [0.2, 0.25) is 0 Å². The number of fused-ring (bicyclic) bond motifs is 1. The van der Waals surface area contributed by atoms with Gasteiger partial charge in [0, 0.05) is 30.0 Å². The van der Waals surface area contributed by atoms with Crippen LogP contribution >= 0.6 is 0 Å². The van der Waals surface area contributed by atoms with E-state index in [4.69, 9.17) is 5.11 Å². The number of halogens is 2. The van der Waals surface area contributed by atoms with Crippen molar-refractivity contribution in [3.63, 3.8) is 0 Å². The smallest absolute Gasteiger partial charge is 0.387 e. The second-order valence-electron chi connectivity index (χ2n) is 5.67. The molecule has 1 aromatic carbocycles. The van der Waals surface area contributed by atoms with Gasteiger partial charge in [-0.1, -0.05) is 18.2 Å². The lowest BCUT2D eigenvalue weighted by Gasteiger charge is -2.11. The van der Waals surface area contributed by atoms with Crippen molar-refractivity contribution in [2.45, 2.75) is 20.0 Å². The van der Waals surface area contributed by atoms with Gasteiger partial charge in [0.1, 0.15) is 11.4 Å². The summed E-state index contributed by atoms with van der Waals surface area (Å²) >= 11 is 0. The largest absolute Gasteiger partial charge is 0.478 e. The van der Waals surface area contributed by atoms with Gasteiger partial charge in [0.25, 0.3) is 0 Å². The second-order valence-corrected chi connectivity index (χ2v) is 5.67. The number of rotatable bonds is 6. The number of imidazole rings is 1. The van der Waals surface area contributed by atoms with Crippen LogP contribution in [0.3, 0.4) is 0 Å². The van der Waals surface area contributed by atoms with Crippen molar-refractivity contribution in [1.82, 2.24) is 9.38 Å². The number of benzene rings is 1. The van der Waals surface area contributed by atoms with E-state index in [9.17, 15) is 13.6 Å². The molecule has 0 aliphatic heterocycles. The van der Waals surface area contributed by atoms with E-state index in [0.717, 1.165) is 17.5 Å². The third-order valence-electron chi connectivity index (χ3n) is 3.91. The summed E-state index contributed by atoms with van der Waals surface area (Å²) in [5, 5.41) is 8.76. The average Bonchev–Trinajstić information content (AvgIpc) is 2.89. The second kappa shape index (κ2) is 7.35. The number of pyridine rings is 1. The summed E-state index contributed by atoms with van der Waals surface area (Å²) in [6.07, 6.45) is 4.65. The molecular weight excluding hydrogens is 342 g/mol. The Morgan fingerprint density at radius 1 is 1.31 bits per heavy atom. The molecule has 0 atom stereocenters. The molecule has 0 unspecified atom stereocenters. The van der Waals surface area contributed by atoms with Crippen LogP contribution in [0, 0.1) is 6.92 Å². The Morgan fingerprint density at radius 2 is 2.08 bits per heavy atom. The number of aliphatic carboxylic acids is 1. The Bertz CT molecular complexity index is 980. The lowest BCUT2D eigenvalue weighted by molar-refractivity contribution is -0.131. The molecule has 1 N–H and O–H groups in total. The van der Waals surface area contributed by atoms with Crippen LogP contribution in [-0.2, 0) is 11.2 Å². The zero-order valence-corrected chi connectivity index (χ0v) is 13.9. The van der Waals surface area contributed by atoms with E-state index in [1.165, 1.54) is 12.1 Å². The minimum absolute atomic E-state index is 0.124. The Kier molecular flexibility index (Phi) is 4.97. The molecule has 0 bridgehead atoms. The third kappa shape index (κ3) is 3.88. The molecule has 0 radical (unpaired) electrons. The van der Waals surface area contributed by atoms with Gasteiger partial charge in [-0.15, -0.1) is 0 Å². The maximum absolute atomic E-state index is 12.6. The molecule has 2 heterocycles. The summed E-state index contributed by atoms with van der Waals surface area (Å²) in [6, 6.07) is 10.2. The fraction of sp³-hybridized carbons (Fsp3) is 0.158. The average molecular weight is 358 g/mol. The number of carboxylic acid groups (broad SMARTS) is 1. The maximum Gasteiger partial charge on any atom is 0.387 e. The highest BCUT2D eigenvalue weighted by Crippen LogP contribution is 2.25. The highest BCUT2D eigenvalue weighted by molar-refractivity contribution is 5.85. The van der Waals surface area contributed by atoms with Crippen LogP contribution in [-0.4, -0.2) is 27.1 Å². The van der Waals surface area contributed by atoms with Crippen molar-refractivity contribution < 1.29 is 23.4 Å². The molecule has 0 saturated heterocycles. The van der Waals surface area contributed by atoms with E-state index in [-0.39, 0.29) is 5.75 Å². The minimum Gasteiger partial charge on any atom is -0.478 e. The van der Waals surface area contributed by atoms with E-state index >= 15 is 0 Å². The van der Waals surface area contributed by atoms with Gasteiger partial charge in [-0.3, -0.25) is 0 Å². The highest BCUT2D eigenvalue weighted by Gasteiger charge is 2.14. The molecule has 0 fully saturated rings. The molecule has 0 aliphatic rings. The lowest BCUT2D eigenvalue weighted by atomic mass is 10.1. The molecule has 3 rings (SSSR count). The number of alkyl halides is 2. The molecule has 5 nitrogen and oxygen atoms in total. The van der Waals surface area contributed by atoms with Crippen LogP contribution in [0.5, 0.6) is 5.75 Å². The van der Waals surface area contributed by atoms with Crippen LogP contribution in [0.4, 0.5) is 8.78 Å². The Labute approximate surface area is 148 Å². The van der Waals surface area contributed by atoms with E-state index in [2.05, 4.69) is 9.72 Å². The first-order chi connectivity index (χ1) is 12.4. The molecule has 0 aliphatic carbocycles. The summed E-state index contributed by atoms with van der Waals surface area (Å²) in [5.41, 5.74) is 3.57. The van der Waals surface area contributed by atoms with Gasteiger partial charge in [-0.2, -0.15) is 8.78 Å². The molecule has 3 aromatic rings. The predicted octanol–water partition coefficient (Wildman–Crippen LogP) is 3.93. The fourth-order valence-corrected chi connectivity index (χ4v) is 2.75. The summed E-state index contributed by atoms with van der Waals surface area (Å²) < 4.78 is 31.7. The van der Waals surface area contributed by atoms with Crippen molar-refractivity contribution in [2.24, 2.45) is 0 Å². The molecule has 0 saturated carbocycles. The zero-order valence-electron chi connectivity index (χ0n) is 13.9. The summed E-state index contributed by atoms with van der Waals surface area (Å²) in [5.74, 6) is -0.913. The van der Waals surface area contributed by atoms with Crippen LogP contribution < -0.4 is 4.74 Å². The van der Waals surface area contributed by atoms with Crippen molar-refractivity contribution in [3.8, 4) is 5.75 Å². The Morgan fingerprint density at radius 3 is 2.81 bits per heavy atom. The SMILES string of the molecule is Cc1nc2ccc(C=CC(=O)O)cn2c1Cc1ccccc1OC(F)F. The van der Waals surface area contributed by atoms with E-state index < -0.39 is 12.6 Å². The van der Waals surface area contributed by atoms with Gasteiger partial charge in [-0.05, 0) is 36.8 Å². The molecule has 26 heavy (non-hydrogen) atoms. The molecule has 0 amide bonds. The van der Waals surface area contributed by atoms with Crippen LogP contribution in [0.15, 0.2) is 48.7 Å². The fourth-order valence-electron chi connectivity index (χ4n) is 2.75. The molecular formula is C19H16F2N2O3. The van der Waals surface area contributed by atoms with Crippen molar-refractivity contribution in [2.75, 3.05) is 0 Å². The number of ether oxygens (including phenoxy) is 1. The Hall–Kier alpha value is -3.22. The van der Waals surface area contributed by atoms with Gasteiger partial charge in [0.15, 0.2) is 0 Å². The number of hydrogen-bond donors (Lipinski definition) is 1. The standard InChI is InChI=1S/C19H16F2N2O3/c1-12-15(10-14-4-2-3-5-16(14)26-19(20)21)23-11-13(7-9-18(24)25)6-8-17(23)22-12/h2-9,11,19H,10H2,1H3,(H,24,25). The number of aromatic nitrogens is 2. The van der Waals surface area contributed by atoms with Gasteiger partial charge in [0.05, 0.1) is 5.69 Å². The third-order valence-corrected chi connectivity index (χ3v) is 3.91. The molecule has 134 valence electrons. The number of nitrogens with zero attached hydrogens (tertiary/aromatic N) is 2. The van der Waals surface area contributed by atoms with E-state index in [1.54, 1.807) is 36.5 Å². The van der Waals surface area contributed by atoms with Gasteiger partial charge >= 0.3 is 12.6 Å². The first kappa shape index (κ1) is 17.6.